The highest BCUT2D eigenvalue weighted by Crippen LogP contribution is 2.44. The van der Waals surface area contributed by atoms with Crippen LogP contribution in [0.4, 0.5) is 35.1 Å². The highest BCUT2D eigenvalue weighted by Gasteiger charge is 2.44. The first kappa shape index (κ1) is 92.7. The number of carbonyl (C=O) groups excluding carboxylic acids is 2. The standard InChI is InChI=1S/2C27H29ClF3N3O.C27H27F2N3O4.C14H20N2O2/c2*28-22-10-8-21(9-11-22)26(24-6-3-4-14-32-24)33-19-20-12-15-34(16-13-20)17-18-35-25-7-2-1-5-23(25)27(29,30)31;28-27(29)35-23-10-9-20(18-24(23)36-27)25(22-8-4-5-13-30-22)31-26(33)19-11-14-32(15-12-19)16-17-34-21-6-2-1-3-7-21;15-14(17)12-6-8-16(9-7-12)10-11-18-13-4-2-1-3-5-13/h2*1-11,14,20,26,33H,12-13,15-19H2;1-10,13,18-19,25H,11-12,14-17H2,(H,31,33);1-5,12H,6-11H2,(H2,15,17)/t2*26-;25-;/m100./s1. The number of amides is 2. The molecule has 0 spiro atoms. The predicted octanol–water partition coefficient (Wildman–Crippen LogP) is 18.1. The van der Waals surface area contributed by atoms with Crippen LogP contribution in [0.3, 0.4) is 0 Å². The zero-order valence-electron chi connectivity index (χ0n) is 68.9. The van der Waals surface area contributed by atoms with Gasteiger partial charge in [0.1, 0.15) is 49.4 Å². The van der Waals surface area contributed by atoms with Gasteiger partial charge in [0.05, 0.1) is 46.3 Å². The summed E-state index contributed by atoms with van der Waals surface area (Å²) in [6, 6.07) is 67.0. The molecule has 5 N–H and O–H groups in total. The summed E-state index contributed by atoms with van der Waals surface area (Å²) in [4.78, 5) is 46.9. The molecule has 0 saturated carbocycles. The molecular formula is C95H105Cl2F8N11O8. The number of benzene rings is 7. The van der Waals surface area contributed by atoms with Crippen LogP contribution in [0.2, 0.25) is 10.0 Å². The fourth-order valence-corrected chi connectivity index (χ4v) is 15.8. The number of hydrogen-bond donors (Lipinski definition) is 4. The Kier molecular flexibility index (Phi) is 34.7. The Labute approximate surface area is 728 Å². The molecule has 5 aliphatic rings. The third-order valence-electron chi connectivity index (χ3n) is 22.5. The molecule has 3 aromatic heterocycles. The van der Waals surface area contributed by atoms with Crippen molar-refractivity contribution in [1.82, 2.24) is 50.5 Å². The molecule has 4 saturated heterocycles. The summed E-state index contributed by atoms with van der Waals surface area (Å²) in [6.45, 7) is 13.4. The van der Waals surface area contributed by atoms with Gasteiger partial charge in [-0.25, -0.2) is 0 Å². The van der Waals surface area contributed by atoms with Crippen molar-refractivity contribution >= 4 is 35.0 Å². The van der Waals surface area contributed by atoms with E-state index in [2.05, 4.69) is 60.0 Å². The number of likely N-dealkylation sites (tertiary alicyclic amines) is 4. The number of nitrogens with one attached hydrogen (secondary N) is 3. The summed E-state index contributed by atoms with van der Waals surface area (Å²) >= 11 is 12.1. The van der Waals surface area contributed by atoms with Crippen LogP contribution >= 0.6 is 23.2 Å². The number of carbonyl (C=O) groups is 2. The number of para-hydroxylation sites is 4. The highest BCUT2D eigenvalue weighted by atomic mass is 35.5. The number of pyridine rings is 3. The van der Waals surface area contributed by atoms with Crippen LogP contribution in [0.5, 0.6) is 34.5 Å². The van der Waals surface area contributed by atoms with Crippen LogP contribution in [-0.2, 0) is 21.9 Å². The third-order valence-corrected chi connectivity index (χ3v) is 23.0. The molecule has 29 heteroatoms. The summed E-state index contributed by atoms with van der Waals surface area (Å²) in [5.41, 5.74) is 9.18. The summed E-state index contributed by atoms with van der Waals surface area (Å²) in [5, 5.41) is 11.9. The van der Waals surface area contributed by atoms with Crippen LogP contribution in [0, 0.1) is 23.7 Å². The fourth-order valence-electron chi connectivity index (χ4n) is 15.6. The summed E-state index contributed by atoms with van der Waals surface area (Å²) in [7, 11) is 0. The number of nitrogens with two attached hydrogens (primary N) is 1. The smallest absolute Gasteiger partial charge is 0.492 e. The zero-order valence-corrected chi connectivity index (χ0v) is 70.4. The van der Waals surface area contributed by atoms with Crippen LogP contribution in [0.1, 0.15) is 114 Å². The number of hydrogen-bond acceptors (Lipinski definition) is 17. The van der Waals surface area contributed by atoms with Gasteiger partial charge in [-0.05, 0) is 267 Å². The molecule has 658 valence electrons. The molecule has 5 aliphatic heterocycles. The maximum atomic E-state index is 13.5. The van der Waals surface area contributed by atoms with Gasteiger partial charge < -0.3 is 50.1 Å². The number of piperidine rings is 4. The van der Waals surface area contributed by atoms with E-state index in [-0.39, 0.29) is 71.9 Å². The number of aromatic nitrogens is 3. The van der Waals surface area contributed by atoms with Gasteiger partial charge in [0.25, 0.3) is 0 Å². The van der Waals surface area contributed by atoms with Gasteiger partial charge in [0.2, 0.25) is 11.8 Å². The van der Waals surface area contributed by atoms with Crippen molar-refractivity contribution in [2.75, 3.05) is 118 Å². The van der Waals surface area contributed by atoms with Crippen LogP contribution in [-0.4, -0.2) is 171 Å². The Morgan fingerprint density at radius 1 is 0.419 bits per heavy atom. The van der Waals surface area contributed by atoms with Crippen molar-refractivity contribution in [3.63, 3.8) is 0 Å². The van der Waals surface area contributed by atoms with E-state index in [1.165, 1.54) is 36.4 Å². The van der Waals surface area contributed by atoms with E-state index in [1.807, 2.05) is 152 Å². The molecule has 7 aromatic carbocycles. The van der Waals surface area contributed by atoms with Crippen LogP contribution < -0.4 is 50.1 Å². The summed E-state index contributed by atoms with van der Waals surface area (Å²) in [6.07, 6.45) is -0.0488. The molecule has 0 aliphatic carbocycles. The zero-order chi connectivity index (χ0) is 87.1. The Bertz CT molecular complexity index is 4660. The lowest BCUT2D eigenvalue weighted by Gasteiger charge is -2.33. The first-order valence-electron chi connectivity index (χ1n) is 42.1. The van der Waals surface area contributed by atoms with E-state index in [1.54, 1.807) is 48.9 Å². The van der Waals surface area contributed by atoms with Gasteiger partial charge in [-0.15, -0.1) is 8.78 Å². The van der Waals surface area contributed by atoms with Crippen molar-refractivity contribution < 1.29 is 73.1 Å². The average molecular weight is 1750 g/mol. The Hall–Kier alpha value is -10.5. The molecule has 0 radical (unpaired) electrons. The minimum atomic E-state index is -4.42. The van der Waals surface area contributed by atoms with Gasteiger partial charge >= 0.3 is 18.6 Å². The molecule has 4 fully saturated rings. The topological polar surface area (TPSA) is 203 Å². The lowest BCUT2D eigenvalue weighted by Crippen LogP contribution is -2.42. The predicted molar refractivity (Wildman–Crippen MR) is 462 cm³/mol. The van der Waals surface area contributed by atoms with E-state index in [9.17, 15) is 44.7 Å². The SMILES string of the molecule is FC(F)(F)c1ccccc1OCCN1CCC(CN[C@@H](c2ccc(Cl)cc2)c2ccccn2)CC1.FC(F)(F)c1ccccc1OCCN1CCC(CN[C@H](c2ccc(Cl)cc2)c2ccccn2)CC1.NC(=O)C1CCN(CCOc2ccccc2)CC1.O=C(N[C@@H](c1ccc2c(c1)OC(F)(F)O2)c1ccccn1)C1CCN(CCOc2ccccc2)CC1. The molecule has 0 unspecified atom stereocenters. The molecule has 0 bridgehead atoms. The molecule has 19 nitrogen and oxygen atoms in total. The lowest BCUT2D eigenvalue weighted by atomic mass is 9.94. The maximum absolute atomic E-state index is 13.5. The second-order valence-electron chi connectivity index (χ2n) is 31.1. The van der Waals surface area contributed by atoms with Gasteiger partial charge in [0, 0.05) is 66.7 Å². The Morgan fingerprint density at radius 3 is 1.15 bits per heavy atom. The monoisotopic (exact) mass is 1750 g/mol. The van der Waals surface area contributed by atoms with Crippen molar-refractivity contribution in [1.29, 1.82) is 0 Å². The fraction of sp³-hybridized carbons (Fsp3) is 0.379. The summed E-state index contributed by atoms with van der Waals surface area (Å²) < 4.78 is 137. The summed E-state index contributed by atoms with van der Waals surface area (Å²) in [5.74, 6) is 2.11. The number of alkyl halides is 8. The number of halogens is 10. The van der Waals surface area contributed by atoms with E-state index in [4.69, 9.17) is 47.9 Å². The minimum absolute atomic E-state index is 0.0198. The van der Waals surface area contributed by atoms with Gasteiger partial charge in [-0.2, -0.15) is 26.3 Å². The second kappa shape index (κ2) is 46.5. The number of ether oxygens (including phenoxy) is 6. The van der Waals surface area contributed by atoms with Crippen molar-refractivity contribution in [3.05, 3.63) is 304 Å². The van der Waals surface area contributed by atoms with E-state index < -0.39 is 35.8 Å². The van der Waals surface area contributed by atoms with Crippen molar-refractivity contribution in [3.8, 4) is 34.5 Å². The second-order valence-corrected chi connectivity index (χ2v) is 31.9. The largest absolute Gasteiger partial charge is 0.586 e. The van der Waals surface area contributed by atoms with Crippen LogP contribution in [0.25, 0.3) is 0 Å². The lowest BCUT2D eigenvalue weighted by molar-refractivity contribution is -0.286. The molecule has 2 amide bonds. The number of primary amides is 1. The Morgan fingerprint density at radius 2 is 0.766 bits per heavy atom. The first-order chi connectivity index (χ1) is 60.0. The van der Waals surface area contributed by atoms with Gasteiger partial charge in [-0.3, -0.25) is 44.1 Å². The third kappa shape index (κ3) is 29.1. The number of nitrogens with zero attached hydrogens (tertiary/aromatic N) is 7. The molecule has 124 heavy (non-hydrogen) atoms. The maximum Gasteiger partial charge on any atom is 0.586 e. The van der Waals surface area contributed by atoms with E-state index in [0.717, 1.165) is 176 Å². The normalized spacial score (nSPS) is 16.9. The highest BCUT2D eigenvalue weighted by molar-refractivity contribution is 6.30. The minimum Gasteiger partial charge on any atom is -0.492 e. The van der Waals surface area contributed by atoms with E-state index >= 15 is 0 Å². The van der Waals surface area contributed by atoms with Crippen molar-refractivity contribution in [2.45, 2.75) is 88.1 Å². The van der Waals surface area contributed by atoms with Crippen molar-refractivity contribution in [2.24, 2.45) is 29.4 Å². The number of fused-ring (bicyclic) bond motifs is 1. The number of rotatable bonds is 31. The van der Waals surface area contributed by atoms with Crippen LogP contribution in [0.15, 0.2) is 249 Å². The quantitative estimate of drug-likeness (QED) is 0.0298. The van der Waals surface area contributed by atoms with E-state index in [0.29, 0.717) is 59.4 Å². The molecule has 8 heterocycles. The van der Waals surface area contributed by atoms with Gasteiger partial charge in [0.15, 0.2) is 11.5 Å². The first-order valence-corrected chi connectivity index (χ1v) is 42.8. The molecule has 15 rings (SSSR count). The molecule has 3 atom stereocenters. The average Bonchev–Trinajstić information content (AvgIpc) is 1.63. The Balaban J connectivity index is 0.000000154. The molecular weight excluding hydrogens is 1650 g/mol. The molecule has 10 aromatic rings. The van der Waals surface area contributed by atoms with Gasteiger partial charge in [-0.1, -0.05) is 132 Å².